The standard InChI is InChI=1S/2C13H21Si.2ClH.Hf/c2*1-3-4-8-14(9-5-10-14)13-7-6-12(2)11-13;;;/h2*7H,3-6,8-10H2,1-2H3;2*1H;/q;;;;+2/p-2. The number of rotatable bonds is 10. The van der Waals surface area contributed by atoms with Gasteiger partial charge in [0.1, 0.15) is 0 Å². The van der Waals surface area contributed by atoms with Gasteiger partial charge in [-0.3, -0.25) is 0 Å². The van der Waals surface area contributed by atoms with Gasteiger partial charge in [0, 0.05) is 0 Å². The van der Waals surface area contributed by atoms with Gasteiger partial charge in [-0.05, 0) is 0 Å². The summed E-state index contributed by atoms with van der Waals surface area (Å²) in [5.41, 5.74) is 3.62. The Kier molecular flexibility index (Phi) is 10.9. The van der Waals surface area contributed by atoms with Crippen LogP contribution < -0.4 is 24.8 Å². The molecule has 0 aromatic rings. The van der Waals surface area contributed by atoms with E-state index in [9.17, 15) is 0 Å². The van der Waals surface area contributed by atoms with E-state index in [1.807, 2.05) is 28.2 Å². The first kappa shape index (κ1) is 28.1. The fraction of sp³-hybridized carbons (Fsp3) is 0.692. The summed E-state index contributed by atoms with van der Waals surface area (Å²) in [5, 5.41) is 4.06. The van der Waals surface area contributed by atoms with Crippen molar-refractivity contribution in [3.63, 3.8) is 0 Å². The van der Waals surface area contributed by atoms with Gasteiger partial charge in [-0.25, -0.2) is 0 Å². The smallest absolute Gasteiger partial charge is 1.00 e. The van der Waals surface area contributed by atoms with Crippen LogP contribution in [0.2, 0.25) is 36.3 Å². The minimum Gasteiger partial charge on any atom is -1.00 e. The zero-order chi connectivity index (χ0) is 20.5. The summed E-state index contributed by atoms with van der Waals surface area (Å²) in [7, 11) is -2.18. The van der Waals surface area contributed by atoms with Gasteiger partial charge in [-0.2, -0.15) is 0 Å². The van der Waals surface area contributed by atoms with Crippen LogP contribution in [0.1, 0.15) is 79.1 Å². The van der Waals surface area contributed by atoms with Crippen molar-refractivity contribution in [3.05, 3.63) is 40.4 Å². The molecule has 0 atom stereocenters. The summed E-state index contributed by atoms with van der Waals surface area (Å²) in [6.07, 6.45) is 17.0. The Morgan fingerprint density at radius 3 is 1.39 bits per heavy atom. The molecule has 4 aliphatic rings. The Morgan fingerprint density at radius 2 is 1.10 bits per heavy atom. The topological polar surface area (TPSA) is 0 Å². The maximum Gasteiger partial charge on any atom is -1.00 e. The van der Waals surface area contributed by atoms with Crippen LogP contribution in [0.25, 0.3) is 0 Å². The van der Waals surface area contributed by atoms with Crippen LogP contribution in [-0.2, 0) is 22.9 Å². The molecule has 31 heavy (non-hydrogen) atoms. The molecular formula is C26H42Cl2HfSi2. The van der Waals surface area contributed by atoms with Crippen LogP contribution in [0.4, 0.5) is 0 Å². The maximum atomic E-state index is 2.76. The normalized spacial score (nSPS) is 23.2. The van der Waals surface area contributed by atoms with E-state index >= 15 is 0 Å². The van der Waals surface area contributed by atoms with Crippen molar-refractivity contribution >= 4 is 16.1 Å². The monoisotopic (exact) mass is 660 g/mol. The third-order valence-electron chi connectivity index (χ3n) is 8.65. The van der Waals surface area contributed by atoms with Crippen molar-refractivity contribution < 1.29 is 47.7 Å². The van der Waals surface area contributed by atoms with E-state index in [4.69, 9.17) is 0 Å². The average molecular weight is 660 g/mol. The summed E-state index contributed by atoms with van der Waals surface area (Å²) in [4.78, 5) is 0. The molecule has 2 aliphatic heterocycles. The number of unbranched alkanes of at least 4 members (excludes halogenated alkanes) is 2. The van der Waals surface area contributed by atoms with Crippen LogP contribution in [-0.4, -0.2) is 16.1 Å². The minimum atomic E-state index is -1.09. The van der Waals surface area contributed by atoms with Crippen LogP contribution in [0.15, 0.2) is 40.4 Å². The molecule has 0 aromatic carbocycles. The Morgan fingerprint density at radius 1 is 0.710 bits per heavy atom. The third kappa shape index (κ3) is 5.41. The predicted octanol–water partition coefficient (Wildman–Crippen LogP) is 2.67. The maximum absolute atomic E-state index is 2.76. The molecule has 2 saturated heterocycles. The number of hydrogen-bond donors (Lipinski definition) is 0. The second-order valence-electron chi connectivity index (χ2n) is 10.6. The number of hydrogen-bond acceptors (Lipinski definition) is 0. The molecule has 2 heterocycles. The predicted molar refractivity (Wildman–Crippen MR) is 130 cm³/mol. The molecule has 2 fully saturated rings. The fourth-order valence-corrected chi connectivity index (χ4v) is 27.6. The zero-order valence-corrected chi connectivity index (χ0v) is 27.4. The molecule has 0 radical (unpaired) electrons. The molecule has 0 spiro atoms. The molecule has 0 saturated carbocycles. The largest absolute Gasteiger partial charge is 1.00 e. The van der Waals surface area contributed by atoms with E-state index in [1.165, 1.54) is 51.4 Å². The van der Waals surface area contributed by atoms with Crippen LogP contribution in [0.3, 0.4) is 0 Å². The Hall–Kier alpha value is 0.844. The molecule has 0 unspecified atom stereocenters. The van der Waals surface area contributed by atoms with Crippen molar-refractivity contribution in [3.8, 4) is 0 Å². The summed E-state index contributed by atoms with van der Waals surface area (Å²) < 4.78 is 4.07. The van der Waals surface area contributed by atoms with Crippen molar-refractivity contribution in [2.24, 2.45) is 0 Å². The average Bonchev–Trinajstić information content (AvgIpc) is 3.19. The van der Waals surface area contributed by atoms with Gasteiger partial charge in [-0.15, -0.1) is 0 Å². The second kappa shape index (κ2) is 12.0. The van der Waals surface area contributed by atoms with Crippen molar-refractivity contribution in [1.82, 2.24) is 0 Å². The molecule has 172 valence electrons. The molecule has 0 bridgehead atoms. The van der Waals surface area contributed by atoms with Crippen LogP contribution in [0.5, 0.6) is 0 Å². The van der Waals surface area contributed by atoms with Crippen molar-refractivity contribution in [2.45, 2.75) is 115 Å². The first-order valence-electron chi connectivity index (χ1n) is 12.6. The molecule has 0 amide bonds. The van der Waals surface area contributed by atoms with E-state index in [2.05, 4.69) is 39.8 Å². The first-order chi connectivity index (χ1) is 14.1. The molecule has 4 rings (SSSR count). The van der Waals surface area contributed by atoms with Crippen LogP contribution >= 0.6 is 0 Å². The summed E-state index contributed by atoms with van der Waals surface area (Å²) in [5.74, 6) is 0. The van der Waals surface area contributed by atoms with E-state index in [0.717, 1.165) is 0 Å². The van der Waals surface area contributed by atoms with Gasteiger partial charge in [0.15, 0.2) is 0 Å². The molecule has 0 nitrogen and oxygen atoms in total. The van der Waals surface area contributed by atoms with Gasteiger partial charge < -0.3 is 24.8 Å². The molecule has 2 aliphatic carbocycles. The van der Waals surface area contributed by atoms with E-state index in [-0.39, 0.29) is 24.8 Å². The number of halogens is 2. The zero-order valence-electron chi connectivity index (χ0n) is 20.3. The first-order valence-corrected chi connectivity index (χ1v) is 21.5. The van der Waals surface area contributed by atoms with Crippen LogP contribution in [0, 0.1) is 0 Å². The molecule has 5 heteroatoms. The van der Waals surface area contributed by atoms with Crippen molar-refractivity contribution in [2.75, 3.05) is 0 Å². The summed E-state index contributed by atoms with van der Waals surface area (Å²) in [6.45, 7) is 9.81. The van der Waals surface area contributed by atoms with Crippen molar-refractivity contribution in [1.29, 1.82) is 0 Å². The van der Waals surface area contributed by atoms with Gasteiger partial charge in [0.05, 0.1) is 0 Å². The second-order valence-corrected chi connectivity index (χ2v) is 24.2. The molecule has 0 N–H and O–H groups in total. The molecular weight excluding hydrogens is 618 g/mol. The Labute approximate surface area is 218 Å². The Bertz CT molecular complexity index is 706. The van der Waals surface area contributed by atoms with Gasteiger partial charge >= 0.3 is 195 Å². The van der Waals surface area contributed by atoms with Gasteiger partial charge in [0.25, 0.3) is 0 Å². The molecule has 0 aromatic heterocycles. The van der Waals surface area contributed by atoms with E-state index in [0.29, 0.717) is 0 Å². The Balaban J connectivity index is 0.00000171. The van der Waals surface area contributed by atoms with E-state index in [1.54, 1.807) is 36.3 Å². The minimum absolute atomic E-state index is 0. The van der Waals surface area contributed by atoms with Gasteiger partial charge in [0.2, 0.25) is 0 Å². The summed E-state index contributed by atoms with van der Waals surface area (Å²) >= 11 is -0.928. The quantitative estimate of drug-likeness (QED) is 0.317. The van der Waals surface area contributed by atoms with E-state index < -0.39 is 39.1 Å². The van der Waals surface area contributed by atoms with Gasteiger partial charge in [-0.1, -0.05) is 0 Å². The fourth-order valence-electron chi connectivity index (χ4n) is 6.36. The summed E-state index contributed by atoms with van der Waals surface area (Å²) in [6, 6.07) is 9.68. The SMILES string of the molecule is CCCC[Si]1(C2=CCC(C)=[C]2[Hf+2][C]2=C(C)CC=C2[Si]2(CCCC)CCC2)CCC1.[Cl-].[Cl-]. The number of allylic oxidation sites excluding steroid dienone is 8. The third-order valence-corrected chi connectivity index (χ3v) is 28.3.